The SMILES string of the molecule is CSc1cccc(CNC(=O)O)c1. The van der Waals surface area contributed by atoms with E-state index in [1.165, 1.54) is 0 Å². The molecular formula is C9H11NO2S. The van der Waals surface area contributed by atoms with Gasteiger partial charge in [-0.15, -0.1) is 11.8 Å². The maximum atomic E-state index is 10.2. The summed E-state index contributed by atoms with van der Waals surface area (Å²) in [5.41, 5.74) is 0.981. The predicted octanol–water partition coefficient (Wildman–Crippen LogP) is 2.18. The van der Waals surface area contributed by atoms with E-state index < -0.39 is 6.09 Å². The fourth-order valence-electron chi connectivity index (χ4n) is 0.960. The quantitative estimate of drug-likeness (QED) is 0.730. The monoisotopic (exact) mass is 197 g/mol. The average Bonchev–Trinajstić information content (AvgIpc) is 2.15. The lowest BCUT2D eigenvalue weighted by atomic mass is 10.2. The minimum atomic E-state index is -0.991. The van der Waals surface area contributed by atoms with E-state index in [1.54, 1.807) is 11.8 Å². The number of benzene rings is 1. The summed E-state index contributed by atoms with van der Waals surface area (Å²) in [5, 5.41) is 10.7. The third-order valence-electron chi connectivity index (χ3n) is 1.58. The second-order valence-corrected chi connectivity index (χ2v) is 3.39. The second kappa shape index (κ2) is 4.77. The standard InChI is InChI=1S/C9H11NO2S/c1-13-8-4-2-3-7(5-8)6-10-9(11)12/h2-5,10H,6H2,1H3,(H,11,12). The molecule has 0 aliphatic rings. The predicted molar refractivity (Wildman–Crippen MR) is 53.1 cm³/mol. The van der Waals surface area contributed by atoms with Crippen molar-refractivity contribution in [3.8, 4) is 0 Å². The maximum Gasteiger partial charge on any atom is 0.404 e. The average molecular weight is 197 g/mol. The van der Waals surface area contributed by atoms with Gasteiger partial charge in [0.15, 0.2) is 0 Å². The van der Waals surface area contributed by atoms with Gasteiger partial charge < -0.3 is 10.4 Å². The van der Waals surface area contributed by atoms with Crippen LogP contribution in [0.1, 0.15) is 5.56 Å². The van der Waals surface area contributed by atoms with E-state index in [1.807, 2.05) is 30.5 Å². The van der Waals surface area contributed by atoms with Crippen molar-refractivity contribution in [2.45, 2.75) is 11.4 Å². The number of hydrogen-bond acceptors (Lipinski definition) is 2. The zero-order chi connectivity index (χ0) is 9.68. The minimum Gasteiger partial charge on any atom is -0.465 e. The summed E-state index contributed by atoms with van der Waals surface area (Å²) in [4.78, 5) is 11.4. The Kier molecular flexibility index (Phi) is 3.64. The minimum absolute atomic E-state index is 0.365. The van der Waals surface area contributed by atoms with Gasteiger partial charge in [0.2, 0.25) is 0 Å². The largest absolute Gasteiger partial charge is 0.465 e. The molecule has 0 saturated heterocycles. The molecule has 2 N–H and O–H groups in total. The van der Waals surface area contributed by atoms with E-state index in [4.69, 9.17) is 5.11 Å². The zero-order valence-electron chi connectivity index (χ0n) is 7.28. The van der Waals surface area contributed by atoms with Gasteiger partial charge in [-0.25, -0.2) is 4.79 Å². The Bertz CT molecular complexity index is 301. The molecule has 13 heavy (non-hydrogen) atoms. The molecule has 0 heterocycles. The van der Waals surface area contributed by atoms with Crippen LogP contribution in [0, 0.1) is 0 Å². The fraction of sp³-hybridized carbons (Fsp3) is 0.222. The molecule has 0 unspecified atom stereocenters. The van der Waals surface area contributed by atoms with Crippen LogP contribution in [0.5, 0.6) is 0 Å². The second-order valence-electron chi connectivity index (χ2n) is 2.51. The highest BCUT2D eigenvalue weighted by molar-refractivity contribution is 7.98. The molecule has 0 radical (unpaired) electrons. The molecule has 0 spiro atoms. The Morgan fingerprint density at radius 1 is 1.62 bits per heavy atom. The molecule has 0 saturated carbocycles. The smallest absolute Gasteiger partial charge is 0.404 e. The van der Waals surface area contributed by atoms with E-state index in [9.17, 15) is 4.79 Å². The zero-order valence-corrected chi connectivity index (χ0v) is 8.10. The normalized spacial score (nSPS) is 9.62. The van der Waals surface area contributed by atoms with Gasteiger partial charge in [0.1, 0.15) is 0 Å². The Morgan fingerprint density at radius 2 is 2.38 bits per heavy atom. The lowest BCUT2D eigenvalue weighted by Crippen LogP contribution is -2.19. The molecule has 0 atom stereocenters. The molecule has 1 aromatic rings. The molecule has 4 heteroatoms. The number of thioether (sulfide) groups is 1. The van der Waals surface area contributed by atoms with Gasteiger partial charge >= 0.3 is 6.09 Å². The van der Waals surface area contributed by atoms with Crippen LogP contribution in [0.25, 0.3) is 0 Å². The Morgan fingerprint density at radius 3 is 3.00 bits per heavy atom. The Hall–Kier alpha value is -1.16. The van der Waals surface area contributed by atoms with Crippen molar-refractivity contribution in [1.82, 2.24) is 5.32 Å². The van der Waals surface area contributed by atoms with Crippen molar-refractivity contribution in [3.05, 3.63) is 29.8 Å². The first kappa shape index (κ1) is 9.92. The van der Waals surface area contributed by atoms with Crippen LogP contribution in [-0.4, -0.2) is 17.5 Å². The summed E-state index contributed by atoms with van der Waals surface area (Å²) in [5.74, 6) is 0. The van der Waals surface area contributed by atoms with Gasteiger partial charge in [-0.05, 0) is 24.0 Å². The number of carboxylic acid groups (broad SMARTS) is 1. The molecule has 0 aliphatic carbocycles. The highest BCUT2D eigenvalue weighted by Crippen LogP contribution is 2.15. The summed E-state index contributed by atoms with van der Waals surface area (Å²) >= 11 is 1.64. The van der Waals surface area contributed by atoms with Crippen molar-refractivity contribution in [3.63, 3.8) is 0 Å². The molecule has 1 rings (SSSR count). The topological polar surface area (TPSA) is 49.3 Å². The van der Waals surface area contributed by atoms with Crippen LogP contribution in [-0.2, 0) is 6.54 Å². The summed E-state index contributed by atoms with van der Waals surface area (Å²) in [6.45, 7) is 0.365. The lowest BCUT2D eigenvalue weighted by Gasteiger charge is -2.02. The summed E-state index contributed by atoms with van der Waals surface area (Å²) < 4.78 is 0. The first-order valence-electron chi connectivity index (χ1n) is 3.82. The molecule has 3 nitrogen and oxygen atoms in total. The number of hydrogen-bond donors (Lipinski definition) is 2. The molecule has 1 aromatic carbocycles. The summed E-state index contributed by atoms with van der Waals surface area (Å²) in [7, 11) is 0. The maximum absolute atomic E-state index is 10.2. The van der Waals surface area contributed by atoms with Crippen molar-refractivity contribution < 1.29 is 9.90 Å². The number of carbonyl (C=O) groups is 1. The first-order valence-corrected chi connectivity index (χ1v) is 5.04. The van der Waals surface area contributed by atoms with Crippen LogP contribution < -0.4 is 5.32 Å². The van der Waals surface area contributed by atoms with E-state index in [-0.39, 0.29) is 0 Å². The van der Waals surface area contributed by atoms with Crippen molar-refractivity contribution in [2.24, 2.45) is 0 Å². The fourth-order valence-corrected chi connectivity index (χ4v) is 1.44. The van der Waals surface area contributed by atoms with E-state index in [2.05, 4.69) is 5.32 Å². The third kappa shape index (κ3) is 3.38. The van der Waals surface area contributed by atoms with Gasteiger partial charge in [-0.1, -0.05) is 12.1 Å². The van der Waals surface area contributed by atoms with E-state index >= 15 is 0 Å². The van der Waals surface area contributed by atoms with Crippen LogP contribution in [0.3, 0.4) is 0 Å². The van der Waals surface area contributed by atoms with Crippen molar-refractivity contribution >= 4 is 17.9 Å². The highest BCUT2D eigenvalue weighted by atomic mass is 32.2. The highest BCUT2D eigenvalue weighted by Gasteiger charge is 1.97. The molecule has 70 valence electrons. The molecule has 0 aromatic heterocycles. The van der Waals surface area contributed by atoms with Gasteiger partial charge in [0.05, 0.1) is 0 Å². The summed E-state index contributed by atoms with van der Waals surface area (Å²) in [6, 6.07) is 7.79. The van der Waals surface area contributed by atoms with Gasteiger partial charge in [0, 0.05) is 11.4 Å². The Labute approximate surface area is 81.2 Å². The van der Waals surface area contributed by atoms with Crippen LogP contribution >= 0.6 is 11.8 Å². The molecular weight excluding hydrogens is 186 g/mol. The van der Waals surface area contributed by atoms with E-state index in [0.29, 0.717) is 6.54 Å². The van der Waals surface area contributed by atoms with Crippen molar-refractivity contribution in [2.75, 3.05) is 6.26 Å². The van der Waals surface area contributed by atoms with Gasteiger partial charge in [-0.2, -0.15) is 0 Å². The third-order valence-corrected chi connectivity index (χ3v) is 2.30. The number of nitrogens with one attached hydrogen (secondary N) is 1. The molecule has 1 amide bonds. The van der Waals surface area contributed by atoms with Gasteiger partial charge in [0.25, 0.3) is 0 Å². The molecule has 0 aliphatic heterocycles. The van der Waals surface area contributed by atoms with E-state index in [0.717, 1.165) is 10.5 Å². The van der Waals surface area contributed by atoms with Gasteiger partial charge in [-0.3, -0.25) is 0 Å². The van der Waals surface area contributed by atoms with Crippen LogP contribution in [0.2, 0.25) is 0 Å². The van der Waals surface area contributed by atoms with Crippen LogP contribution in [0.15, 0.2) is 29.2 Å². The molecule has 0 fully saturated rings. The van der Waals surface area contributed by atoms with Crippen molar-refractivity contribution in [1.29, 1.82) is 0 Å². The molecule has 0 bridgehead atoms. The lowest BCUT2D eigenvalue weighted by molar-refractivity contribution is 0.194. The number of amides is 1. The number of rotatable bonds is 3. The summed E-state index contributed by atoms with van der Waals surface area (Å²) in [6.07, 6.45) is 0.999. The van der Waals surface area contributed by atoms with Crippen LogP contribution in [0.4, 0.5) is 4.79 Å². The Balaban J connectivity index is 2.61. The first-order chi connectivity index (χ1) is 6.22.